The average Bonchev–Trinajstić information content (AvgIpc) is 2.64. The Hall–Kier alpha value is -1.14. The van der Waals surface area contributed by atoms with E-state index in [1.165, 1.54) is 11.8 Å². The van der Waals surface area contributed by atoms with Gasteiger partial charge in [-0.15, -0.1) is 15.3 Å². The van der Waals surface area contributed by atoms with E-state index in [2.05, 4.69) is 20.4 Å². The van der Waals surface area contributed by atoms with Crippen molar-refractivity contribution >= 4 is 23.4 Å². The monoisotopic (exact) mass is 242 g/mol. The molecule has 2 rings (SSSR count). The quantitative estimate of drug-likeness (QED) is 0.768. The molecular formula is C8H7ClN4OS. The lowest BCUT2D eigenvalue weighted by Gasteiger charge is -1.95. The van der Waals surface area contributed by atoms with Gasteiger partial charge in [0.2, 0.25) is 5.89 Å². The summed E-state index contributed by atoms with van der Waals surface area (Å²) in [6.45, 7) is 1.75. The van der Waals surface area contributed by atoms with Gasteiger partial charge < -0.3 is 4.42 Å². The zero-order chi connectivity index (χ0) is 10.7. The van der Waals surface area contributed by atoms with Gasteiger partial charge in [-0.2, -0.15) is 5.10 Å². The highest BCUT2D eigenvalue weighted by Crippen LogP contribution is 2.20. The van der Waals surface area contributed by atoms with Crippen molar-refractivity contribution in [3.05, 3.63) is 28.9 Å². The van der Waals surface area contributed by atoms with Crippen molar-refractivity contribution in [2.45, 2.75) is 17.9 Å². The lowest BCUT2D eigenvalue weighted by Crippen LogP contribution is -1.89. The van der Waals surface area contributed by atoms with Crippen LogP contribution >= 0.6 is 23.4 Å². The normalized spacial score (nSPS) is 10.5. The SMILES string of the molecule is Cc1nnc(SCc2ccc(Cl)nn2)o1. The summed E-state index contributed by atoms with van der Waals surface area (Å²) in [5, 5.41) is 16.1. The van der Waals surface area contributed by atoms with Crippen molar-refractivity contribution in [2.24, 2.45) is 0 Å². The second-order valence-electron chi connectivity index (χ2n) is 2.72. The molecule has 78 valence electrons. The Morgan fingerprint density at radius 1 is 1.27 bits per heavy atom. The molecule has 0 N–H and O–H groups in total. The Morgan fingerprint density at radius 3 is 2.73 bits per heavy atom. The molecule has 2 aromatic heterocycles. The van der Waals surface area contributed by atoms with Crippen molar-refractivity contribution in [3.63, 3.8) is 0 Å². The largest absolute Gasteiger partial charge is 0.416 e. The fourth-order valence-electron chi connectivity index (χ4n) is 0.893. The number of aromatic nitrogens is 4. The molecular weight excluding hydrogens is 236 g/mol. The number of rotatable bonds is 3. The van der Waals surface area contributed by atoms with Gasteiger partial charge in [-0.05, 0) is 12.1 Å². The zero-order valence-electron chi connectivity index (χ0n) is 7.85. The minimum Gasteiger partial charge on any atom is -0.416 e. The van der Waals surface area contributed by atoms with Crippen molar-refractivity contribution in [1.29, 1.82) is 0 Å². The van der Waals surface area contributed by atoms with Crippen LogP contribution < -0.4 is 0 Å². The molecule has 15 heavy (non-hydrogen) atoms. The van der Waals surface area contributed by atoms with Gasteiger partial charge in [0, 0.05) is 12.7 Å². The number of thioether (sulfide) groups is 1. The average molecular weight is 243 g/mol. The molecule has 2 heterocycles. The molecule has 0 spiro atoms. The van der Waals surface area contributed by atoms with Gasteiger partial charge in [-0.3, -0.25) is 0 Å². The summed E-state index contributed by atoms with van der Waals surface area (Å²) in [4.78, 5) is 0. The highest BCUT2D eigenvalue weighted by atomic mass is 35.5. The third-order valence-electron chi connectivity index (χ3n) is 1.54. The minimum absolute atomic E-state index is 0.386. The van der Waals surface area contributed by atoms with E-state index in [1.54, 1.807) is 13.0 Å². The number of hydrogen-bond donors (Lipinski definition) is 0. The number of halogens is 1. The molecule has 5 nitrogen and oxygen atoms in total. The smallest absolute Gasteiger partial charge is 0.276 e. The molecule has 0 atom stereocenters. The van der Waals surface area contributed by atoms with E-state index >= 15 is 0 Å². The van der Waals surface area contributed by atoms with E-state index in [9.17, 15) is 0 Å². The van der Waals surface area contributed by atoms with E-state index in [-0.39, 0.29) is 0 Å². The fourth-order valence-corrected chi connectivity index (χ4v) is 1.70. The van der Waals surface area contributed by atoms with Crippen molar-refractivity contribution in [1.82, 2.24) is 20.4 Å². The maximum Gasteiger partial charge on any atom is 0.276 e. The van der Waals surface area contributed by atoms with Gasteiger partial charge in [0.1, 0.15) is 0 Å². The second-order valence-corrected chi connectivity index (χ2v) is 4.04. The number of hydrogen-bond acceptors (Lipinski definition) is 6. The zero-order valence-corrected chi connectivity index (χ0v) is 9.42. The van der Waals surface area contributed by atoms with Crippen molar-refractivity contribution in [2.75, 3.05) is 0 Å². The van der Waals surface area contributed by atoms with E-state index in [0.29, 0.717) is 22.0 Å². The molecule has 0 bridgehead atoms. The minimum atomic E-state index is 0.386. The van der Waals surface area contributed by atoms with Gasteiger partial charge in [-0.1, -0.05) is 23.4 Å². The fraction of sp³-hybridized carbons (Fsp3) is 0.250. The van der Waals surface area contributed by atoms with Crippen LogP contribution in [-0.2, 0) is 5.75 Å². The first-order valence-corrected chi connectivity index (χ1v) is 5.51. The molecule has 0 amide bonds. The molecule has 2 aromatic rings. The van der Waals surface area contributed by atoms with Crippen LogP contribution in [0.1, 0.15) is 11.6 Å². The molecule has 0 radical (unpaired) electrons. The van der Waals surface area contributed by atoms with Crippen LogP contribution in [0.15, 0.2) is 21.8 Å². The van der Waals surface area contributed by atoms with Gasteiger partial charge in [0.05, 0.1) is 5.69 Å². The van der Waals surface area contributed by atoms with Gasteiger partial charge in [0.25, 0.3) is 5.22 Å². The molecule has 0 unspecified atom stereocenters. The molecule has 0 saturated carbocycles. The van der Waals surface area contributed by atoms with Crippen LogP contribution in [-0.4, -0.2) is 20.4 Å². The second kappa shape index (κ2) is 4.59. The Labute approximate surface area is 95.3 Å². The van der Waals surface area contributed by atoms with Crippen LogP contribution in [0.2, 0.25) is 5.15 Å². The van der Waals surface area contributed by atoms with Crippen molar-refractivity contribution < 1.29 is 4.42 Å². The van der Waals surface area contributed by atoms with Crippen LogP contribution in [0.25, 0.3) is 0 Å². The van der Waals surface area contributed by atoms with Crippen LogP contribution in [0.5, 0.6) is 0 Å². The van der Waals surface area contributed by atoms with Crippen LogP contribution in [0, 0.1) is 6.92 Å². The summed E-state index contributed by atoms with van der Waals surface area (Å²) in [5.41, 5.74) is 0.820. The third-order valence-corrected chi connectivity index (χ3v) is 2.59. The van der Waals surface area contributed by atoms with Crippen molar-refractivity contribution in [3.8, 4) is 0 Å². The number of aryl methyl sites for hydroxylation is 1. The van der Waals surface area contributed by atoms with E-state index < -0.39 is 0 Å². The van der Waals surface area contributed by atoms with E-state index in [1.807, 2.05) is 6.07 Å². The van der Waals surface area contributed by atoms with E-state index in [0.717, 1.165) is 5.69 Å². The highest BCUT2D eigenvalue weighted by molar-refractivity contribution is 7.98. The molecule has 0 saturated heterocycles. The summed E-state index contributed by atoms with van der Waals surface area (Å²) < 4.78 is 5.20. The molecule has 0 aliphatic rings. The Morgan fingerprint density at radius 2 is 2.13 bits per heavy atom. The van der Waals surface area contributed by atoms with E-state index in [4.69, 9.17) is 16.0 Å². The van der Waals surface area contributed by atoms with Gasteiger partial charge >= 0.3 is 0 Å². The van der Waals surface area contributed by atoms with Crippen LogP contribution in [0.3, 0.4) is 0 Å². The molecule has 7 heteroatoms. The Kier molecular flexibility index (Phi) is 3.17. The first kappa shape index (κ1) is 10.4. The molecule has 0 fully saturated rings. The van der Waals surface area contributed by atoms with Crippen LogP contribution in [0.4, 0.5) is 0 Å². The summed E-state index contributed by atoms with van der Waals surface area (Å²) >= 11 is 7.03. The maximum atomic E-state index is 5.61. The molecule has 0 aromatic carbocycles. The lowest BCUT2D eigenvalue weighted by molar-refractivity contribution is 0.429. The lowest BCUT2D eigenvalue weighted by atomic mass is 10.4. The third kappa shape index (κ3) is 2.90. The predicted octanol–water partition coefficient (Wildman–Crippen LogP) is 2.11. The predicted molar refractivity (Wildman–Crippen MR) is 55.6 cm³/mol. The standard InChI is InChI=1S/C8H7ClN4OS/c1-5-10-13-8(14-5)15-4-6-2-3-7(9)12-11-6/h2-3H,4H2,1H3. The summed E-state index contributed by atoms with van der Waals surface area (Å²) in [6.07, 6.45) is 0. The van der Waals surface area contributed by atoms with Gasteiger partial charge in [-0.25, -0.2) is 0 Å². The summed E-state index contributed by atoms with van der Waals surface area (Å²) in [5.74, 6) is 1.19. The van der Waals surface area contributed by atoms with Gasteiger partial charge in [0.15, 0.2) is 5.15 Å². The molecule has 0 aliphatic heterocycles. The first-order valence-electron chi connectivity index (χ1n) is 4.15. The highest BCUT2D eigenvalue weighted by Gasteiger charge is 2.04. The first-order chi connectivity index (χ1) is 7.24. The molecule has 0 aliphatic carbocycles. The summed E-state index contributed by atoms with van der Waals surface area (Å²) in [6, 6.07) is 3.51. The Bertz CT molecular complexity index is 444. The topological polar surface area (TPSA) is 64.7 Å². The summed E-state index contributed by atoms with van der Waals surface area (Å²) in [7, 11) is 0. The Balaban J connectivity index is 1.96. The number of nitrogens with zero attached hydrogens (tertiary/aromatic N) is 4. The maximum absolute atomic E-state index is 5.61.